The zero-order valence-corrected chi connectivity index (χ0v) is 12.6. The van der Waals surface area contributed by atoms with Gasteiger partial charge < -0.3 is 4.90 Å². The number of benzene rings is 1. The van der Waals surface area contributed by atoms with E-state index in [1.807, 2.05) is 0 Å². The molecule has 0 aliphatic carbocycles. The van der Waals surface area contributed by atoms with Crippen molar-refractivity contribution in [1.82, 2.24) is 0 Å². The van der Waals surface area contributed by atoms with Gasteiger partial charge in [-0.15, -0.1) is 0 Å². The van der Waals surface area contributed by atoms with Gasteiger partial charge in [0, 0.05) is 28.6 Å². The van der Waals surface area contributed by atoms with Crippen LogP contribution in [0.25, 0.3) is 0 Å². The van der Waals surface area contributed by atoms with E-state index in [4.69, 9.17) is 0 Å². The quantitative estimate of drug-likeness (QED) is 0.700. The summed E-state index contributed by atoms with van der Waals surface area (Å²) in [6, 6.07) is 6.60. The lowest BCUT2D eigenvalue weighted by molar-refractivity contribution is 0.726. The lowest BCUT2D eigenvalue weighted by Gasteiger charge is -2.25. The van der Waals surface area contributed by atoms with Crippen LogP contribution in [0.5, 0.6) is 0 Å². The lowest BCUT2D eigenvalue weighted by atomic mass is 10.1. The summed E-state index contributed by atoms with van der Waals surface area (Å²) in [5, 5.41) is 0.929. The van der Waals surface area contributed by atoms with Crippen LogP contribution < -0.4 is 4.90 Å². The minimum Gasteiger partial charge on any atom is -0.371 e. The summed E-state index contributed by atoms with van der Waals surface area (Å²) in [6.07, 6.45) is 5.43. The van der Waals surface area contributed by atoms with E-state index in [2.05, 4.69) is 55.0 Å². The van der Waals surface area contributed by atoms with Crippen molar-refractivity contribution in [2.24, 2.45) is 0 Å². The maximum Gasteiger partial charge on any atom is 0.0408 e. The molecule has 1 aliphatic rings. The molecule has 1 fully saturated rings. The molecule has 1 aliphatic heterocycles. The predicted molar refractivity (Wildman–Crippen MR) is 77.5 cm³/mol. The molecule has 16 heavy (non-hydrogen) atoms. The topological polar surface area (TPSA) is 3.24 Å². The molecule has 0 spiro atoms. The van der Waals surface area contributed by atoms with E-state index in [0.717, 1.165) is 5.33 Å². The Balaban J connectivity index is 2.23. The fourth-order valence-corrected chi connectivity index (χ4v) is 3.14. The molecule has 0 saturated carbocycles. The second-order valence-corrected chi connectivity index (χ2v) is 5.78. The summed E-state index contributed by atoms with van der Waals surface area (Å²) < 4.78 is 1.17. The summed E-state index contributed by atoms with van der Waals surface area (Å²) in [6.45, 7) is 2.42. The largest absolute Gasteiger partial charge is 0.371 e. The van der Waals surface area contributed by atoms with Crippen molar-refractivity contribution in [1.29, 1.82) is 0 Å². The minimum atomic E-state index is 0.929. The Morgan fingerprint density at radius 2 is 1.75 bits per heavy atom. The van der Waals surface area contributed by atoms with E-state index < -0.39 is 0 Å². The molecule has 0 atom stereocenters. The summed E-state index contributed by atoms with van der Waals surface area (Å²) >= 11 is 7.12. The first-order valence-corrected chi connectivity index (χ1v) is 7.82. The van der Waals surface area contributed by atoms with Crippen LogP contribution in [0.3, 0.4) is 0 Å². The van der Waals surface area contributed by atoms with Gasteiger partial charge >= 0.3 is 0 Å². The van der Waals surface area contributed by atoms with Crippen LogP contribution in [0, 0.1) is 0 Å². The van der Waals surface area contributed by atoms with Gasteiger partial charge in [0.1, 0.15) is 0 Å². The highest BCUT2D eigenvalue weighted by Crippen LogP contribution is 2.28. The number of anilines is 1. The van der Waals surface area contributed by atoms with Gasteiger partial charge in [-0.2, -0.15) is 0 Å². The second-order valence-electron chi connectivity index (χ2n) is 4.31. The molecule has 1 aromatic rings. The van der Waals surface area contributed by atoms with Gasteiger partial charge in [0.2, 0.25) is 0 Å². The van der Waals surface area contributed by atoms with Gasteiger partial charge in [-0.25, -0.2) is 0 Å². The first-order chi connectivity index (χ1) is 7.81. The van der Waals surface area contributed by atoms with Crippen molar-refractivity contribution >= 4 is 37.5 Å². The highest BCUT2D eigenvalue weighted by Gasteiger charge is 2.13. The highest BCUT2D eigenvalue weighted by molar-refractivity contribution is 9.10. The molecule has 1 saturated heterocycles. The summed E-state index contributed by atoms with van der Waals surface area (Å²) in [4.78, 5) is 2.54. The normalized spacial score (nSPS) is 17.2. The van der Waals surface area contributed by atoms with Crippen LogP contribution in [0.2, 0.25) is 0 Å². The predicted octanol–water partition coefficient (Wildman–Crippen LogP) is 4.72. The van der Waals surface area contributed by atoms with Crippen LogP contribution in [0.1, 0.15) is 31.2 Å². The van der Waals surface area contributed by atoms with Crippen LogP contribution in [0.4, 0.5) is 5.69 Å². The Kier molecular flexibility index (Phi) is 4.71. The molecule has 0 unspecified atom stereocenters. The van der Waals surface area contributed by atoms with Gasteiger partial charge in [-0.1, -0.05) is 44.7 Å². The standard InChI is InChI=1S/C13H17Br2N/c14-10-11-9-12(15)5-6-13(11)16-7-3-1-2-4-8-16/h5-6,9H,1-4,7-8,10H2. The molecule has 0 bridgehead atoms. The molecule has 0 aromatic heterocycles. The second kappa shape index (κ2) is 6.06. The zero-order chi connectivity index (χ0) is 11.4. The number of rotatable bonds is 2. The average Bonchev–Trinajstić information content (AvgIpc) is 2.57. The van der Waals surface area contributed by atoms with Gasteiger partial charge in [0.25, 0.3) is 0 Å². The fourth-order valence-electron chi connectivity index (χ4n) is 2.28. The molecule has 3 heteroatoms. The average molecular weight is 347 g/mol. The first-order valence-electron chi connectivity index (χ1n) is 5.90. The number of hydrogen-bond acceptors (Lipinski definition) is 1. The zero-order valence-electron chi connectivity index (χ0n) is 9.38. The SMILES string of the molecule is BrCc1cc(Br)ccc1N1CCCCCC1. The lowest BCUT2D eigenvalue weighted by Crippen LogP contribution is -2.24. The third-order valence-corrected chi connectivity index (χ3v) is 4.23. The number of halogens is 2. The van der Waals surface area contributed by atoms with Crippen molar-refractivity contribution in [2.75, 3.05) is 18.0 Å². The Hall–Kier alpha value is -0.0200. The van der Waals surface area contributed by atoms with Gasteiger partial charge in [-0.3, -0.25) is 0 Å². The maximum atomic E-state index is 3.58. The number of hydrogen-bond donors (Lipinski definition) is 0. The monoisotopic (exact) mass is 345 g/mol. The van der Waals surface area contributed by atoms with Crippen molar-refractivity contribution in [3.63, 3.8) is 0 Å². The van der Waals surface area contributed by atoms with E-state index in [1.54, 1.807) is 0 Å². The Labute approximate surface area is 114 Å². The Bertz CT molecular complexity index is 344. The van der Waals surface area contributed by atoms with Gasteiger partial charge in [0.05, 0.1) is 0 Å². The molecule has 0 radical (unpaired) electrons. The molecule has 2 rings (SSSR count). The highest BCUT2D eigenvalue weighted by atomic mass is 79.9. The summed E-state index contributed by atoms with van der Waals surface area (Å²) in [5.74, 6) is 0. The molecule has 0 amide bonds. The molecule has 1 aromatic carbocycles. The smallest absolute Gasteiger partial charge is 0.0408 e. The molecule has 1 heterocycles. The van der Waals surface area contributed by atoms with Crippen LogP contribution in [-0.2, 0) is 5.33 Å². The van der Waals surface area contributed by atoms with E-state index in [-0.39, 0.29) is 0 Å². The van der Waals surface area contributed by atoms with Crippen molar-refractivity contribution < 1.29 is 0 Å². The summed E-state index contributed by atoms with van der Waals surface area (Å²) in [7, 11) is 0. The molecule has 0 N–H and O–H groups in total. The fraction of sp³-hybridized carbons (Fsp3) is 0.538. The van der Waals surface area contributed by atoms with Crippen LogP contribution >= 0.6 is 31.9 Å². The van der Waals surface area contributed by atoms with E-state index >= 15 is 0 Å². The van der Waals surface area contributed by atoms with Crippen molar-refractivity contribution in [3.05, 3.63) is 28.2 Å². The molecular formula is C13H17Br2N. The van der Waals surface area contributed by atoms with Crippen LogP contribution in [-0.4, -0.2) is 13.1 Å². The van der Waals surface area contributed by atoms with Crippen molar-refractivity contribution in [2.45, 2.75) is 31.0 Å². The van der Waals surface area contributed by atoms with E-state index in [1.165, 1.54) is 54.5 Å². The Morgan fingerprint density at radius 1 is 1.06 bits per heavy atom. The Morgan fingerprint density at radius 3 is 2.38 bits per heavy atom. The number of alkyl halides is 1. The van der Waals surface area contributed by atoms with Crippen molar-refractivity contribution in [3.8, 4) is 0 Å². The number of nitrogens with zero attached hydrogens (tertiary/aromatic N) is 1. The van der Waals surface area contributed by atoms with E-state index in [0.29, 0.717) is 0 Å². The minimum absolute atomic E-state index is 0.929. The third kappa shape index (κ3) is 3.01. The van der Waals surface area contributed by atoms with Crippen LogP contribution in [0.15, 0.2) is 22.7 Å². The molecule has 1 nitrogen and oxygen atoms in total. The van der Waals surface area contributed by atoms with E-state index in [9.17, 15) is 0 Å². The maximum absolute atomic E-state index is 3.58. The molecular weight excluding hydrogens is 330 g/mol. The van der Waals surface area contributed by atoms with Gasteiger partial charge in [-0.05, 0) is 36.6 Å². The van der Waals surface area contributed by atoms with Gasteiger partial charge in [0.15, 0.2) is 0 Å². The summed E-state index contributed by atoms with van der Waals surface area (Å²) in [5.41, 5.74) is 2.79. The molecule has 88 valence electrons. The third-order valence-electron chi connectivity index (χ3n) is 3.13. The first kappa shape index (κ1) is 12.4.